The van der Waals surface area contributed by atoms with Gasteiger partial charge in [0.15, 0.2) is 0 Å². The minimum absolute atomic E-state index is 0. The van der Waals surface area contributed by atoms with E-state index in [1.54, 1.807) is 0 Å². The van der Waals surface area contributed by atoms with E-state index in [-0.39, 0.29) is 17.1 Å². The summed E-state index contributed by atoms with van der Waals surface area (Å²) in [4.78, 5) is 0. The van der Waals surface area contributed by atoms with Crippen LogP contribution in [0.15, 0.2) is 34.4 Å². The molecule has 0 bridgehead atoms. The predicted molar refractivity (Wildman–Crippen MR) is 70.8 cm³/mol. The first-order valence-electron chi connectivity index (χ1n) is 6.22. The maximum absolute atomic E-state index is 3.21. The zero-order valence-electron chi connectivity index (χ0n) is 11.3. The molecular formula is C16H22Fe. The van der Waals surface area contributed by atoms with Gasteiger partial charge in [-0.15, -0.1) is 13.8 Å². The molecule has 0 spiro atoms. The molecule has 1 heteroatoms. The van der Waals surface area contributed by atoms with E-state index in [0.717, 1.165) is 25.7 Å². The maximum atomic E-state index is 3.21. The van der Waals surface area contributed by atoms with E-state index in [1.807, 2.05) is 0 Å². The fourth-order valence-corrected chi connectivity index (χ4v) is 1.96. The molecule has 0 heterocycles. The molecule has 0 N–H and O–H groups in total. The van der Waals surface area contributed by atoms with Gasteiger partial charge in [0.25, 0.3) is 0 Å². The van der Waals surface area contributed by atoms with Crippen LogP contribution in [-0.4, -0.2) is 0 Å². The van der Waals surface area contributed by atoms with Crippen molar-refractivity contribution in [2.45, 2.75) is 53.4 Å². The predicted octanol–water partition coefficient (Wildman–Crippen LogP) is 4.95. The Bertz CT molecular complexity index is 318. The van der Waals surface area contributed by atoms with E-state index in [2.05, 4.69) is 52.0 Å². The van der Waals surface area contributed by atoms with Crippen molar-refractivity contribution in [3.63, 3.8) is 0 Å². The molecule has 0 aromatic rings. The molecule has 2 aliphatic carbocycles. The summed E-state index contributed by atoms with van der Waals surface area (Å²) in [5, 5.41) is 0. The third kappa shape index (κ3) is 5.10. The van der Waals surface area contributed by atoms with Crippen molar-refractivity contribution in [2.24, 2.45) is 0 Å². The molecule has 0 aliphatic heterocycles. The zero-order chi connectivity index (χ0) is 12.0. The van der Waals surface area contributed by atoms with Gasteiger partial charge >= 0.3 is 17.1 Å². The fourth-order valence-electron chi connectivity index (χ4n) is 1.96. The van der Waals surface area contributed by atoms with Gasteiger partial charge in [-0.25, -0.2) is 22.3 Å². The van der Waals surface area contributed by atoms with E-state index >= 15 is 0 Å². The summed E-state index contributed by atoms with van der Waals surface area (Å²) in [5.41, 5.74) is 5.80. The second kappa shape index (κ2) is 8.55. The van der Waals surface area contributed by atoms with Crippen molar-refractivity contribution in [1.29, 1.82) is 0 Å². The Morgan fingerprint density at radius 2 is 1.24 bits per heavy atom. The molecule has 0 aromatic carbocycles. The summed E-state index contributed by atoms with van der Waals surface area (Å²) in [6, 6.07) is 0. The molecule has 17 heavy (non-hydrogen) atoms. The smallest absolute Gasteiger partial charge is 0.253 e. The first-order valence-corrected chi connectivity index (χ1v) is 6.22. The van der Waals surface area contributed by atoms with Crippen molar-refractivity contribution in [2.75, 3.05) is 0 Å². The van der Waals surface area contributed by atoms with Crippen molar-refractivity contribution < 1.29 is 17.1 Å². The zero-order valence-corrected chi connectivity index (χ0v) is 12.4. The molecule has 94 valence electrons. The largest absolute Gasteiger partial charge is 2.00 e. The SMILES string of the molecule is CCC1=C(C)CC=[C-]1.CCC1=C(C)CC=[C-]1.[Fe+2]. The Kier molecular flexibility index (Phi) is 8.29. The van der Waals surface area contributed by atoms with Crippen molar-refractivity contribution in [1.82, 2.24) is 0 Å². The van der Waals surface area contributed by atoms with E-state index in [9.17, 15) is 0 Å². The molecule has 0 fully saturated rings. The summed E-state index contributed by atoms with van der Waals surface area (Å²) in [7, 11) is 0. The Labute approximate surface area is 117 Å². The quantitative estimate of drug-likeness (QED) is 0.492. The summed E-state index contributed by atoms with van der Waals surface area (Å²) in [5.74, 6) is 0. The van der Waals surface area contributed by atoms with Crippen LogP contribution in [0, 0.1) is 12.2 Å². The molecule has 0 nitrogen and oxygen atoms in total. The van der Waals surface area contributed by atoms with Gasteiger partial charge in [0.2, 0.25) is 0 Å². The number of hydrogen-bond acceptors (Lipinski definition) is 0. The Hall–Kier alpha value is -0.521. The average molecular weight is 270 g/mol. The molecule has 0 radical (unpaired) electrons. The number of hydrogen-bond donors (Lipinski definition) is 0. The second-order valence-corrected chi connectivity index (χ2v) is 4.33. The van der Waals surface area contributed by atoms with Crippen molar-refractivity contribution >= 4 is 0 Å². The molecule has 2 aliphatic rings. The normalized spacial score (nSPS) is 17.2. The molecule has 2 rings (SSSR count). The minimum Gasteiger partial charge on any atom is -0.253 e. The number of allylic oxidation sites excluding steroid dienone is 8. The maximum Gasteiger partial charge on any atom is 2.00 e. The summed E-state index contributed by atoms with van der Waals surface area (Å²) in [6.45, 7) is 8.70. The molecule has 0 unspecified atom stereocenters. The van der Waals surface area contributed by atoms with Crippen molar-refractivity contribution in [3.8, 4) is 0 Å². The van der Waals surface area contributed by atoms with Crippen LogP contribution < -0.4 is 0 Å². The van der Waals surface area contributed by atoms with Gasteiger partial charge in [0.1, 0.15) is 0 Å². The summed E-state index contributed by atoms with van der Waals surface area (Å²) < 4.78 is 0. The Balaban J connectivity index is 0.000000284. The van der Waals surface area contributed by atoms with Crippen LogP contribution in [0.25, 0.3) is 0 Å². The van der Waals surface area contributed by atoms with E-state index in [1.165, 1.54) is 22.3 Å². The molecular weight excluding hydrogens is 248 g/mol. The van der Waals surface area contributed by atoms with Gasteiger partial charge in [-0.05, 0) is 0 Å². The van der Waals surface area contributed by atoms with Crippen LogP contribution >= 0.6 is 0 Å². The van der Waals surface area contributed by atoms with Gasteiger partial charge in [-0.1, -0.05) is 39.5 Å². The van der Waals surface area contributed by atoms with Crippen LogP contribution in [0.3, 0.4) is 0 Å². The van der Waals surface area contributed by atoms with Gasteiger partial charge in [-0.3, -0.25) is 12.2 Å². The molecule has 0 atom stereocenters. The first-order chi connectivity index (χ1) is 7.69. The molecule has 0 saturated carbocycles. The van der Waals surface area contributed by atoms with E-state index < -0.39 is 0 Å². The topological polar surface area (TPSA) is 0 Å². The first kappa shape index (κ1) is 16.5. The van der Waals surface area contributed by atoms with Gasteiger partial charge < -0.3 is 0 Å². The standard InChI is InChI=1S/2C8H11.Fe/c2*1-3-8-6-4-5-7(8)2;/h2*4H,3,5H2,1-2H3;/q2*-1;+2. The van der Waals surface area contributed by atoms with Gasteiger partial charge in [-0.2, -0.15) is 12.2 Å². The fraction of sp³-hybridized carbons (Fsp3) is 0.500. The van der Waals surface area contributed by atoms with Crippen LogP contribution in [0.5, 0.6) is 0 Å². The van der Waals surface area contributed by atoms with E-state index in [0.29, 0.717) is 0 Å². The van der Waals surface area contributed by atoms with Crippen LogP contribution in [0.2, 0.25) is 0 Å². The molecule has 0 saturated heterocycles. The molecule has 0 amide bonds. The summed E-state index contributed by atoms with van der Waals surface area (Å²) in [6.07, 6.45) is 15.2. The van der Waals surface area contributed by atoms with E-state index in [4.69, 9.17) is 0 Å². The molecule has 0 aromatic heterocycles. The summed E-state index contributed by atoms with van der Waals surface area (Å²) >= 11 is 0. The van der Waals surface area contributed by atoms with Crippen molar-refractivity contribution in [3.05, 3.63) is 46.6 Å². The third-order valence-corrected chi connectivity index (χ3v) is 3.11. The van der Waals surface area contributed by atoms with Crippen LogP contribution in [0.4, 0.5) is 0 Å². The Morgan fingerprint density at radius 1 is 0.882 bits per heavy atom. The van der Waals surface area contributed by atoms with Gasteiger partial charge in [0.05, 0.1) is 0 Å². The average Bonchev–Trinajstić information content (AvgIpc) is 2.87. The van der Waals surface area contributed by atoms with Crippen LogP contribution in [-0.2, 0) is 17.1 Å². The minimum atomic E-state index is 0. The number of rotatable bonds is 2. The Morgan fingerprint density at radius 3 is 1.35 bits per heavy atom. The third-order valence-electron chi connectivity index (χ3n) is 3.11. The monoisotopic (exact) mass is 270 g/mol. The van der Waals surface area contributed by atoms with Gasteiger partial charge in [0, 0.05) is 0 Å². The second-order valence-electron chi connectivity index (χ2n) is 4.33. The van der Waals surface area contributed by atoms with Crippen LogP contribution in [0.1, 0.15) is 53.4 Å².